The Labute approximate surface area is 177 Å². The van der Waals surface area contributed by atoms with Gasteiger partial charge >= 0.3 is 0 Å². The zero-order valence-electron chi connectivity index (χ0n) is 17.2. The normalized spacial score (nSPS) is 20.0. The number of carbonyl (C=O) groups is 1. The minimum Gasteiger partial charge on any atom is -0.490 e. The molecule has 1 atom stereocenters. The van der Waals surface area contributed by atoms with Crippen LogP contribution in [0.2, 0.25) is 0 Å². The Bertz CT molecular complexity index is 1010. The molecular formula is C25H28N2O3. The number of hydrogen-bond acceptors (Lipinski definition) is 3. The zero-order valence-corrected chi connectivity index (χ0v) is 17.2. The third-order valence-electron chi connectivity index (χ3n) is 6.41. The molecule has 0 radical (unpaired) electrons. The molecule has 1 N–H and O–H groups in total. The van der Waals surface area contributed by atoms with E-state index < -0.39 is 0 Å². The summed E-state index contributed by atoms with van der Waals surface area (Å²) in [6.07, 6.45) is 6.34. The lowest BCUT2D eigenvalue weighted by Gasteiger charge is -2.32. The minimum atomic E-state index is 0.0651. The molecule has 0 bridgehead atoms. The Morgan fingerprint density at radius 3 is 2.70 bits per heavy atom. The summed E-state index contributed by atoms with van der Waals surface area (Å²) in [6, 6.07) is 16.0. The lowest BCUT2D eigenvalue weighted by Crippen LogP contribution is -2.38. The standard InChI is InChI=1S/C25H28N2O3/c28-25(21-8-2-4-10-24(21)30-17-19-6-5-15-29-19)27-13-11-18(12-14-27)22-16-26-23-9-3-1-7-20(22)23/h1-4,7-10,16,18-19,26H,5-6,11-15,17H2/t19-/m1/s1. The van der Waals surface area contributed by atoms with E-state index in [0.29, 0.717) is 23.8 Å². The minimum absolute atomic E-state index is 0.0651. The monoisotopic (exact) mass is 404 g/mol. The number of amides is 1. The smallest absolute Gasteiger partial charge is 0.257 e. The summed E-state index contributed by atoms with van der Waals surface area (Å²) in [5, 5.41) is 1.30. The SMILES string of the molecule is O=C(c1ccccc1OC[C@H]1CCCO1)N1CCC(c2c[nH]c3ccccc23)CC1. The quantitative estimate of drug-likeness (QED) is 0.668. The van der Waals surface area contributed by atoms with Crippen LogP contribution >= 0.6 is 0 Å². The average Bonchev–Trinajstić information content (AvgIpc) is 3.47. The molecule has 0 spiro atoms. The van der Waals surface area contributed by atoms with E-state index in [1.54, 1.807) is 0 Å². The van der Waals surface area contributed by atoms with E-state index in [0.717, 1.165) is 45.4 Å². The molecule has 2 aliphatic heterocycles. The topological polar surface area (TPSA) is 54.6 Å². The van der Waals surface area contributed by atoms with Crippen molar-refractivity contribution in [1.82, 2.24) is 9.88 Å². The number of nitrogens with one attached hydrogen (secondary N) is 1. The summed E-state index contributed by atoms with van der Waals surface area (Å²) in [5.74, 6) is 1.21. The lowest BCUT2D eigenvalue weighted by atomic mass is 9.89. The van der Waals surface area contributed by atoms with Crippen LogP contribution in [0.5, 0.6) is 5.75 Å². The summed E-state index contributed by atoms with van der Waals surface area (Å²) in [6.45, 7) is 2.85. The van der Waals surface area contributed by atoms with Gasteiger partial charge in [-0.15, -0.1) is 0 Å². The number of nitrogens with zero attached hydrogens (tertiary/aromatic N) is 1. The molecule has 5 nitrogen and oxygen atoms in total. The highest BCUT2D eigenvalue weighted by atomic mass is 16.5. The van der Waals surface area contributed by atoms with Gasteiger partial charge in [0.15, 0.2) is 0 Å². The number of aromatic nitrogens is 1. The van der Waals surface area contributed by atoms with Crippen LogP contribution in [0.1, 0.15) is 47.5 Å². The van der Waals surface area contributed by atoms with E-state index in [4.69, 9.17) is 9.47 Å². The first-order valence-electron chi connectivity index (χ1n) is 11.0. The number of likely N-dealkylation sites (tertiary alicyclic amines) is 1. The summed E-state index contributed by atoms with van der Waals surface area (Å²) >= 11 is 0. The number of ether oxygens (including phenoxy) is 2. The highest BCUT2D eigenvalue weighted by molar-refractivity contribution is 5.97. The second-order valence-electron chi connectivity index (χ2n) is 8.30. The number of rotatable bonds is 5. The molecule has 5 rings (SSSR count). The molecule has 156 valence electrons. The van der Waals surface area contributed by atoms with Crippen LogP contribution < -0.4 is 4.74 Å². The highest BCUT2D eigenvalue weighted by Crippen LogP contribution is 2.34. The maximum Gasteiger partial charge on any atom is 0.257 e. The summed E-state index contributed by atoms with van der Waals surface area (Å²) in [7, 11) is 0. The summed E-state index contributed by atoms with van der Waals surface area (Å²) < 4.78 is 11.6. The molecule has 0 aliphatic carbocycles. The molecule has 30 heavy (non-hydrogen) atoms. The van der Waals surface area contributed by atoms with Crippen molar-refractivity contribution in [3.63, 3.8) is 0 Å². The average molecular weight is 405 g/mol. The Morgan fingerprint density at radius 1 is 1.07 bits per heavy atom. The largest absolute Gasteiger partial charge is 0.490 e. The number of fused-ring (bicyclic) bond motifs is 1. The molecule has 2 aromatic carbocycles. The highest BCUT2D eigenvalue weighted by Gasteiger charge is 2.27. The Morgan fingerprint density at radius 2 is 1.87 bits per heavy atom. The zero-order chi connectivity index (χ0) is 20.3. The van der Waals surface area contributed by atoms with Crippen LogP contribution in [0.15, 0.2) is 54.7 Å². The van der Waals surface area contributed by atoms with Gasteiger partial charge in [0.05, 0.1) is 11.7 Å². The molecule has 3 heterocycles. The van der Waals surface area contributed by atoms with Crippen molar-refractivity contribution in [3.05, 3.63) is 65.9 Å². The van der Waals surface area contributed by atoms with Gasteiger partial charge < -0.3 is 19.4 Å². The molecular weight excluding hydrogens is 376 g/mol. The van der Waals surface area contributed by atoms with E-state index in [2.05, 4.69) is 35.4 Å². The van der Waals surface area contributed by atoms with E-state index >= 15 is 0 Å². The van der Waals surface area contributed by atoms with E-state index in [1.807, 2.05) is 29.2 Å². The molecule has 0 saturated carbocycles. The third kappa shape index (κ3) is 3.82. The van der Waals surface area contributed by atoms with Crippen molar-refractivity contribution >= 4 is 16.8 Å². The molecule has 2 saturated heterocycles. The van der Waals surface area contributed by atoms with E-state index in [-0.39, 0.29) is 12.0 Å². The van der Waals surface area contributed by atoms with Gasteiger partial charge in [-0.25, -0.2) is 0 Å². The Balaban J connectivity index is 1.25. The molecule has 5 heteroatoms. The van der Waals surface area contributed by atoms with Crippen molar-refractivity contribution in [2.75, 3.05) is 26.3 Å². The van der Waals surface area contributed by atoms with Crippen LogP contribution in [0.3, 0.4) is 0 Å². The summed E-state index contributed by atoms with van der Waals surface area (Å²) in [5.41, 5.74) is 3.21. The molecule has 0 unspecified atom stereocenters. The predicted molar refractivity (Wildman–Crippen MR) is 117 cm³/mol. The Kier molecular flexibility index (Phi) is 5.45. The van der Waals surface area contributed by atoms with Crippen molar-refractivity contribution in [1.29, 1.82) is 0 Å². The fourth-order valence-corrected chi connectivity index (χ4v) is 4.72. The van der Waals surface area contributed by atoms with Crippen molar-refractivity contribution in [2.24, 2.45) is 0 Å². The second-order valence-corrected chi connectivity index (χ2v) is 8.30. The van der Waals surface area contributed by atoms with Gasteiger partial charge in [-0.2, -0.15) is 0 Å². The lowest BCUT2D eigenvalue weighted by molar-refractivity contribution is 0.0638. The van der Waals surface area contributed by atoms with Gasteiger partial charge in [-0.3, -0.25) is 4.79 Å². The first kappa shape index (κ1) is 19.2. The molecule has 3 aromatic rings. The number of piperidine rings is 1. The van der Waals surface area contributed by atoms with Gasteiger partial charge in [0.25, 0.3) is 5.91 Å². The van der Waals surface area contributed by atoms with Crippen LogP contribution in [0.25, 0.3) is 10.9 Å². The van der Waals surface area contributed by atoms with Crippen molar-refractivity contribution < 1.29 is 14.3 Å². The number of para-hydroxylation sites is 2. The van der Waals surface area contributed by atoms with E-state index in [9.17, 15) is 4.79 Å². The molecule has 2 aliphatic rings. The van der Waals surface area contributed by atoms with Crippen LogP contribution in [0.4, 0.5) is 0 Å². The molecule has 2 fully saturated rings. The fourth-order valence-electron chi connectivity index (χ4n) is 4.72. The van der Waals surface area contributed by atoms with Crippen LogP contribution in [0, 0.1) is 0 Å². The van der Waals surface area contributed by atoms with Gasteiger partial charge in [-0.1, -0.05) is 30.3 Å². The first-order chi connectivity index (χ1) is 14.8. The number of benzene rings is 2. The molecule has 1 amide bonds. The van der Waals surface area contributed by atoms with Gasteiger partial charge in [0.1, 0.15) is 12.4 Å². The van der Waals surface area contributed by atoms with Crippen molar-refractivity contribution in [2.45, 2.75) is 37.7 Å². The second kappa shape index (κ2) is 8.52. The molecule has 1 aromatic heterocycles. The third-order valence-corrected chi connectivity index (χ3v) is 6.41. The van der Waals surface area contributed by atoms with Crippen LogP contribution in [-0.2, 0) is 4.74 Å². The van der Waals surface area contributed by atoms with Gasteiger partial charge in [0, 0.05) is 36.8 Å². The number of hydrogen-bond donors (Lipinski definition) is 1. The van der Waals surface area contributed by atoms with E-state index in [1.165, 1.54) is 16.5 Å². The maximum atomic E-state index is 13.2. The summed E-state index contributed by atoms with van der Waals surface area (Å²) in [4.78, 5) is 18.6. The Hall–Kier alpha value is -2.79. The van der Waals surface area contributed by atoms with Gasteiger partial charge in [-0.05, 0) is 55.4 Å². The van der Waals surface area contributed by atoms with Gasteiger partial charge in [0.2, 0.25) is 0 Å². The number of H-pyrrole nitrogens is 1. The van der Waals surface area contributed by atoms with Crippen LogP contribution in [-0.4, -0.2) is 48.2 Å². The number of aromatic amines is 1. The fraction of sp³-hybridized carbons (Fsp3) is 0.400. The predicted octanol–water partition coefficient (Wildman–Crippen LogP) is 4.75. The number of carbonyl (C=O) groups excluding carboxylic acids is 1. The first-order valence-corrected chi connectivity index (χ1v) is 11.0. The van der Waals surface area contributed by atoms with Crippen molar-refractivity contribution in [3.8, 4) is 5.75 Å². The maximum absolute atomic E-state index is 13.2.